The Balaban J connectivity index is 2.31. The number of rotatable bonds is 6. The zero-order chi connectivity index (χ0) is 13.5. The maximum Gasteiger partial charge on any atom is 0.236 e. The zero-order valence-electron chi connectivity index (χ0n) is 12.1. The van der Waals surface area contributed by atoms with Gasteiger partial charge in [-0.2, -0.15) is 0 Å². The van der Waals surface area contributed by atoms with Gasteiger partial charge >= 0.3 is 0 Å². The number of nitrogens with zero attached hydrogens (tertiary/aromatic N) is 2. The summed E-state index contributed by atoms with van der Waals surface area (Å²) < 4.78 is 5.16. The molecule has 106 valence electrons. The maximum atomic E-state index is 12.0. The number of nitrogens with one attached hydrogen (secondary N) is 1. The quantitative estimate of drug-likeness (QED) is 0.729. The van der Waals surface area contributed by atoms with Crippen molar-refractivity contribution in [2.75, 3.05) is 53.5 Å². The minimum absolute atomic E-state index is 0.199. The Morgan fingerprint density at radius 1 is 1.28 bits per heavy atom. The minimum Gasteiger partial charge on any atom is -0.383 e. The van der Waals surface area contributed by atoms with Crippen molar-refractivity contribution in [1.29, 1.82) is 0 Å². The summed E-state index contributed by atoms with van der Waals surface area (Å²) in [5.41, 5.74) is 0. The molecular weight excluding hydrogens is 230 g/mol. The van der Waals surface area contributed by atoms with Gasteiger partial charge in [0.25, 0.3) is 0 Å². The minimum atomic E-state index is 0.199. The van der Waals surface area contributed by atoms with Gasteiger partial charge in [-0.15, -0.1) is 0 Å². The van der Waals surface area contributed by atoms with E-state index in [1.165, 1.54) is 0 Å². The summed E-state index contributed by atoms with van der Waals surface area (Å²) in [7, 11) is 3.78. The van der Waals surface area contributed by atoms with Crippen molar-refractivity contribution in [2.24, 2.45) is 5.92 Å². The van der Waals surface area contributed by atoms with Crippen LogP contribution in [0, 0.1) is 5.92 Å². The predicted octanol–water partition coefficient (Wildman–Crippen LogP) is 0.0210. The number of likely N-dealkylation sites (N-methyl/N-ethyl adjacent to an activating group) is 1. The molecule has 1 saturated heterocycles. The predicted molar refractivity (Wildman–Crippen MR) is 72.6 cm³/mol. The first-order valence-electron chi connectivity index (χ1n) is 6.73. The second-order valence-corrected chi connectivity index (χ2v) is 5.37. The third-order valence-corrected chi connectivity index (χ3v) is 3.52. The molecule has 1 atom stereocenters. The highest BCUT2D eigenvalue weighted by Crippen LogP contribution is 2.03. The molecule has 1 amide bonds. The third kappa shape index (κ3) is 4.92. The van der Waals surface area contributed by atoms with Crippen molar-refractivity contribution in [3.8, 4) is 0 Å². The SMILES string of the molecule is COCC(NCC(=O)N1CCN(C)CC1)C(C)C. The van der Waals surface area contributed by atoms with E-state index in [0.717, 1.165) is 26.2 Å². The lowest BCUT2D eigenvalue weighted by Gasteiger charge is -2.33. The van der Waals surface area contributed by atoms with Gasteiger partial charge in [0.05, 0.1) is 13.2 Å². The van der Waals surface area contributed by atoms with Gasteiger partial charge in [-0.05, 0) is 13.0 Å². The summed E-state index contributed by atoms with van der Waals surface area (Å²) in [5.74, 6) is 0.662. The van der Waals surface area contributed by atoms with Gasteiger partial charge in [0.2, 0.25) is 5.91 Å². The highest BCUT2D eigenvalue weighted by molar-refractivity contribution is 5.78. The van der Waals surface area contributed by atoms with Crippen molar-refractivity contribution in [2.45, 2.75) is 19.9 Å². The van der Waals surface area contributed by atoms with Crippen molar-refractivity contribution in [3.05, 3.63) is 0 Å². The highest BCUT2D eigenvalue weighted by atomic mass is 16.5. The van der Waals surface area contributed by atoms with Crippen molar-refractivity contribution in [1.82, 2.24) is 15.1 Å². The van der Waals surface area contributed by atoms with Gasteiger partial charge in [0, 0.05) is 39.3 Å². The second-order valence-electron chi connectivity index (χ2n) is 5.37. The standard InChI is InChI=1S/C13H27N3O2/c1-11(2)12(10-18-4)14-9-13(17)16-7-5-15(3)6-8-16/h11-12,14H,5-10H2,1-4H3. The molecule has 1 rings (SSSR count). The molecule has 5 nitrogen and oxygen atoms in total. The van der Waals surface area contributed by atoms with Crippen molar-refractivity contribution in [3.63, 3.8) is 0 Å². The molecule has 0 radical (unpaired) electrons. The topological polar surface area (TPSA) is 44.8 Å². The van der Waals surface area contributed by atoms with Crippen LogP contribution in [0.2, 0.25) is 0 Å². The fourth-order valence-corrected chi connectivity index (χ4v) is 2.05. The zero-order valence-corrected chi connectivity index (χ0v) is 12.1. The molecule has 0 aromatic heterocycles. The van der Waals surface area contributed by atoms with Crippen LogP contribution in [0.4, 0.5) is 0 Å². The summed E-state index contributed by atoms with van der Waals surface area (Å²) >= 11 is 0. The van der Waals surface area contributed by atoms with Crippen LogP contribution >= 0.6 is 0 Å². The number of hydrogen-bond acceptors (Lipinski definition) is 4. The lowest BCUT2D eigenvalue weighted by Crippen LogP contribution is -2.51. The average Bonchev–Trinajstić information content (AvgIpc) is 2.34. The number of piperazine rings is 1. The van der Waals surface area contributed by atoms with Crippen LogP contribution in [0.3, 0.4) is 0 Å². The van der Waals surface area contributed by atoms with Gasteiger partial charge in [0.15, 0.2) is 0 Å². The van der Waals surface area contributed by atoms with E-state index in [2.05, 4.69) is 31.1 Å². The van der Waals surface area contributed by atoms with Crippen LogP contribution in [0.15, 0.2) is 0 Å². The molecule has 1 N–H and O–H groups in total. The number of carbonyl (C=O) groups excluding carboxylic acids is 1. The van der Waals surface area contributed by atoms with Gasteiger partial charge in [-0.1, -0.05) is 13.8 Å². The lowest BCUT2D eigenvalue weighted by atomic mass is 10.1. The Morgan fingerprint density at radius 2 is 1.89 bits per heavy atom. The Kier molecular flexibility index (Phi) is 6.60. The third-order valence-electron chi connectivity index (χ3n) is 3.52. The molecule has 0 aromatic carbocycles. The molecule has 0 spiro atoms. The van der Waals surface area contributed by atoms with E-state index in [1.54, 1.807) is 7.11 Å². The smallest absolute Gasteiger partial charge is 0.236 e. The fraction of sp³-hybridized carbons (Fsp3) is 0.923. The molecule has 0 bridgehead atoms. The van der Waals surface area contributed by atoms with Gasteiger partial charge in [-0.3, -0.25) is 4.79 Å². The average molecular weight is 257 g/mol. The molecule has 5 heteroatoms. The number of hydrogen-bond donors (Lipinski definition) is 1. The van der Waals surface area contributed by atoms with Crippen LogP contribution in [-0.2, 0) is 9.53 Å². The van der Waals surface area contributed by atoms with E-state index in [9.17, 15) is 4.79 Å². The van der Waals surface area contributed by atoms with Crippen molar-refractivity contribution >= 4 is 5.91 Å². The van der Waals surface area contributed by atoms with Crippen molar-refractivity contribution < 1.29 is 9.53 Å². The summed E-state index contributed by atoms with van der Waals surface area (Å²) in [4.78, 5) is 16.2. The molecule has 0 saturated carbocycles. The first kappa shape index (κ1) is 15.4. The van der Waals surface area contributed by atoms with Gasteiger partial charge in [0.1, 0.15) is 0 Å². The van der Waals surface area contributed by atoms with E-state index < -0.39 is 0 Å². The Morgan fingerprint density at radius 3 is 2.39 bits per heavy atom. The van der Waals surface area contributed by atoms with Crippen LogP contribution in [-0.4, -0.2) is 75.2 Å². The van der Waals surface area contributed by atoms with E-state index in [1.807, 2.05) is 4.90 Å². The first-order valence-corrected chi connectivity index (χ1v) is 6.73. The summed E-state index contributed by atoms with van der Waals surface area (Å²) in [5, 5.41) is 3.30. The molecule has 0 aliphatic carbocycles. The number of amides is 1. The van der Waals surface area contributed by atoms with Crippen LogP contribution < -0.4 is 5.32 Å². The molecule has 1 unspecified atom stereocenters. The molecule has 18 heavy (non-hydrogen) atoms. The second kappa shape index (κ2) is 7.71. The van der Waals surface area contributed by atoms with Crippen LogP contribution in [0.1, 0.15) is 13.8 Å². The first-order chi connectivity index (χ1) is 8.54. The maximum absolute atomic E-state index is 12.0. The fourth-order valence-electron chi connectivity index (χ4n) is 2.05. The highest BCUT2D eigenvalue weighted by Gasteiger charge is 2.20. The molecule has 1 aliphatic rings. The summed E-state index contributed by atoms with van der Waals surface area (Å²) in [6.07, 6.45) is 0. The van der Waals surface area contributed by atoms with Crippen LogP contribution in [0.25, 0.3) is 0 Å². The van der Waals surface area contributed by atoms with Crippen LogP contribution in [0.5, 0.6) is 0 Å². The Bertz CT molecular complexity index is 251. The normalized spacial score (nSPS) is 19.3. The molecule has 1 heterocycles. The van der Waals surface area contributed by atoms with E-state index >= 15 is 0 Å². The largest absolute Gasteiger partial charge is 0.383 e. The van der Waals surface area contributed by atoms with E-state index in [4.69, 9.17) is 4.74 Å². The molecular formula is C13H27N3O2. The summed E-state index contributed by atoms with van der Waals surface area (Å²) in [6, 6.07) is 0.242. The van der Waals surface area contributed by atoms with E-state index in [0.29, 0.717) is 19.1 Å². The van der Waals surface area contributed by atoms with Gasteiger partial charge < -0.3 is 19.9 Å². The number of ether oxygens (including phenoxy) is 1. The molecule has 0 aromatic rings. The summed E-state index contributed by atoms with van der Waals surface area (Å²) in [6.45, 7) is 8.95. The van der Waals surface area contributed by atoms with E-state index in [-0.39, 0.29) is 11.9 Å². The Hall–Kier alpha value is -0.650. The monoisotopic (exact) mass is 257 g/mol. The Labute approximate surface area is 110 Å². The molecule has 1 aliphatic heterocycles. The van der Waals surface area contributed by atoms with Gasteiger partial charge in [-0.25, -0.2) is 0 Å². The molecule has 1 fully saturated rings. The number of carbonyl (C=O) groups is 1. The lowest BCUT2D eigenvalue weighted by molar-refractivity contribution is -0.132. The number of methoxy groups -OCH3 is 1.